The number of carbonyl (C=O) groups excluding carboxylic acids is 1. The molecule has 2 aliphatic heterocycles. The van der Waals surface area contributed by atoms with Gasteiger partial charge < -0.3 is 20.3 Å². The Morgan fingerprint density at radius 3 is 2.79 bits per heavy atom. The van der Waals surface area contributed by atoms with Crippen LogP contribution in [0.5, 0.6) is 0 Å². The lowest BCUT2D eigenvalue weighted by molar-refractivity contribution is -0.125. The fraction of sp³-hybridized carbons (Fsp3) is 0.364. The van der Waals surface area contributed by atoms with Gasteiger partial charge in [-0.05, 0) is 37.2 Å². The maximum absolute atomic E-state index is 14.4. The van der Waals surface area contributed by atoms with Crippen molar-refractivity contribution in [2.75, 3.05) is 43.1 Å². The molecule has 4 heterocycles. The molecule has 0 radical (unpaired) electrons. The van der Waals surface area contributed by atoms with Gasteiger partial charge in [0.05, 0.1) is 41.3 Å². The highest BCUT2D eigenvalue weighted by molar-refractivity contribution is 6.35. The van der Waals surface area contributed by atoms with Crippen molar-refractivity contribution in [2.24, 2.45) is 0 Å². The Morgan fingerprint density at radius 2 is 2.03 bits per heavy atom. The van der Waals surface area contributed by atoms with Crippen LogP contribution in [0.1, 0.15) is 12.5 Å². The van der Waals surface area contributed by atoms with Crippen LogP contribution in [0.25, 0.3) is 11.3 Å². The number of rotatable bonds is 5. The molecule has 0 aliphatic carbocycles. The number of benzene rings is 1. The molecule has 9 nitrogen and oxygen atoms in total. The molecule has 0 bridgehead atoms. The summed E-state index contributed by atoms with van der Waals surface area (Å²) in [6, 6.07) is 6.90. The fourth-order valence-electron chi connectivity index (χ4n) is 4.08. The van der Waals surface area contributed by atoms with E-state index in [1.54, 1.807) is 11.1 Å². The molecule has 2 saturated heterocycles. The van der Waals surface area contributed by atoms with Crippen LogP contribution in [0.4, 0.5) is 21.7 Å². The molecular weight excluding hydrogens is 484 g/mol. The van der Waals surface area contributed by atoms with Gasteiger partial charge in [-0.1, -0.05) is 23.2 Å². The SMILES string of the molecule is O=C1COCCN1c1ccc(Nc2ncc(Cl)c(-c3cnn([C@H]4CCNC[C@@H]4F)c3Cl)n2)cc1. The minimum Gasteiger partial charge on any atom is -0.370 e. The molecule has 2 aromatic heterocycles. The summed E-state index contributed by atoms with van der Waals surface area (Å²) < 4.78 is 21.1. The maximum Gasteiger partial charge on any atom is 0.253 e. The zero-order valence-corrected chi connectivity index (χ0v) is 19.6. The number of carbonyl (C=O) groups is 1. The summed E-state index contributed by atoms with van der Waals surface area (Å²) in [4.78, 5) is 22.5. The normalized spacial score (nSPS) is 21.0. The molecule has 178 valence electrons. The third-order valence-corrected chi connectivity index (χ3v) is 6.50. The minimum atomic E-state index is -1.09. The van der Waals surface area contributed by atoms with Gasteiger partial charge in [-0.25, -0.2) is 19.0 Å². The quantitative estimate of drug-likeness (QED) is 0.546. The Hall–Kier alpha value is -2.79. The molecule has 2 N–H and O–H groups in total. The summed E-state index contributed by atoms with van der Waals surface area (Å²) in [6.45, 7) is 2.07. The van der Waals surface area contributed by atoms with Crippen LogP contribution >= 0.6 is 23.2 Å². The van der Waals surface area contributed by atoms with E-state index >= 15 is 0 Å². The van der Waals surface area contributed by atoms with E-state index in [0.29, 0.717) is 48.3 Å². The molecule has 1 amide bonds. The van der Waals surface area contributed by atoms with E-state index in [0.717, 1.165) is 11.4 Å². The van der Waals surface area contributed by atoms with Gasteiger partial charge in [-0.3, -0.25) is 4.79 Å². The molecule has 1 aromatic carbocycles. The highest BCUT2D eigenvalue weighted by Crippen LogP contribution is 2.35. The number of nitrogens with zero attached hydrogens (tertiary/aromatic N) is 5. The molecule has 0 saturated carbocycles. The lowest BCUT2D eigenvalue weighted by Gasteiger charge is -2.27. The highest BCUT2D eigenvalue weighted by atomic mass is 35.5. The first-order valence-corrected chi connectivity index (χ1v) is 11.6. The molecule has 2 atom stereocenters. The first-order valence-electron chi connectivity index (χ1n) is 10.9. The van der Waals surface area contributed by atoms with E-state index in [9.17, 15) is 9.18 Å². The second-order valence-electron chi connectivity index (χ2n) is 8.03. The topological polar surface area (TPSA) is 97.2 Å². The molecule has 5 rings (SSSR count). The summed E-state index contributed by atoms with van der Waals surface area (Å²) in [6.07, 6.45) is 2.51. The van der Waals surface area contributed by atoms with Crippen LogP contribution in [0, 0.1) is 0 Å². The molecule has 0 spiro atoms. The van der Waals surface area contributed by atoms with Crippen molar-refractivity contribution < 1.29 is 13.9 Å². The second-order valence-corrected chi connectivity index (χ2v) is 8.79. The summed E-state index contributed by atoms with van der Waals surface area (Å²) in [5.74, 6) is 0.238. The number of morpholine rings is 1. The highest BCUT2D eigenvalue weighted by Gasteiger charge is 2.30. The lowest BCUT2D eigenvalue weighted by atomic mass is 10.1. The number of halogens is 3. The number of alkyl halides is 1. The monoisotopic (exact) mass is 505 g/mol. The summed E-state index contributed by atoms with van der Waals surface area (Å²) in [5, 5.41) is 11.1. The number of piperidine rings is 1. The van der Waals surface area contributed by atoms with Crippen LogP contribution in [-0.4, -0.2) is 64.7 Å². The van der Waals surface area contributed by atoms with E-state index in [4.69, 9.17) is 27.9 Å². The molecular formula is C22H22Cl2FN7O2. The van der Waals surface area contributed by atoms with Gasteiger partial charge in [0, 0.05) is 24.5 Å². The standard InChI is InChI=1S/C22H22Cl2FN7O2/c23-16-10-27-22(29-13-1-3-14(4-2-13)31-7-8-34-12-19(31)33)30-20(16)15-9-28-32(21(15)24)18-5-6-26-11-17(18)25/h1-4,9-10,17-18,26H,5-8,11-12H2,(H,27,29,30)/t17-,18-/m0/s1. The summed E-state index contributed by atoms with van der Waals surface area (Å²) in [5.41, 5.74) is 2.42. The largest absolute Gasteiger partial charge is 0.370 e. The summed E-state index contributed by atoms with van der Waals surface area (Å²) >= 11 is 12.9. The predicted octanol–water partition coefficient (Wildman–Crippen LogP) is 3.63. The number of amides is 1. The van der Waals surface area contributed by atoms with Crippen molar-refractivity contribution in [3.05, 3.63) is 46.8 Å². The predicted molar refractivity (Wildman–Crippen MR) is 128 cm³/mol. The van der Waals surface area contributed by atoms with Crippen molar-refractivity contribution in [3.8, 4) is 11.3 Å². The van der Waals surface area contributed by atoms with E-state index < -0.39 is 12.2 Å². The van der Waals surface area contributed by atoms with Crippen molar-refractivity contribution >= 4 is 46.4 Å². The molecule has 0 unspecified atom stereocenters. The Balaban J connectivity index is 1.36. The lowest BCUT2D eigenvalue weighted by Crippen LogP contribution is -2.41. The number of hydrogen-bond donors (Lipinski definition) is 2. The van der Waals surface area contributed by atoms with E-state index in [1.807, 2.05) is 24.3 Å². The minimum absolute atomic E-state index is 0.0707. The Labute approximate surface area is 205 Å². The number of anilines is 3. The van der Waals surface area contributed by atoms with E-state index in [-0.39, 0.29) is 24.2 Å². The molecule has 3 aromatic rings. The average molecular weight is 506 g/mol. The zero-order chi connectivity index (χ0) is 23.7. The van der Waals surface area contributed by atoms with Gasteiger partial charge in [0.25, 0.3) is 5.91 Å². The number of aromatic nitrogens is 4. The van der Waals surface area contributed by atoms with Gasteiger partial charge in [0.2, 0.25) is 5.95 Å². The van der Waals surface area contributed by atoms with Crippen molar-refractivity contribution in [2.45, 2.75) is 18.6 Å². The van der Waals surface area contributed by atoms with Crippen molar-refractivity contribution in [1.82, 2.24) is 25.1 Å². The third kappa shape index (κ3) is 4.58. The van der Waals surface area contributed by atoms with E-state index in [2.05, 4.69) is 25.7 Å². The summed E-state index contributed by atoms with van der Waals surface area (Å²) in [7, 11) is 0. The van der Waals surface area contributed by atoms with Gasteiger partial charge in [-0.15, -0.1) is 0 Å². The second kappa shape index (κ2) is 9.83. The van der Waals surface area contributed by atoms with Crippen LogP contribution < -0.4 is 15.5 Å². The van der Waals surface area contributed by atoms with Crippen LogP contribution in [-0.2, 0) is 9.53 Å². The maximum atomic E-state index is 14.4. The third-order valence-electron chi connectivity index (χ3n) is 5.84. The van der Waals surface area contributed by atoms with Crippen LogP contribution in [0.15, 0.2) is 36.7 Å². The Kier molecular flexibility index (Phi) is 6.64. The number of hydrogen-bond acceptors (Lipinski definition) is 7. The van der Waals surface area contributed by atoms with Gasteiger partial charge in [0.15, 0.2) is 0 Å². The first kappa shape index (κ1) is 23.0. The van der Waals surface area contributed by atoms with Gasteiger partial charge in [-0.2, -0.15) is 5.10 Å². The number of ether oxygens (including phenoxy) is 1. The number of nitrogens with one attached hydrogen (secondary N) is 2. The van der Waals surface area contributed by atoms with Gasteiger partial charge in [0.1, 0.15) is 17.9 Å². The Bertz CT molecular complexity index is 1190. The van der Waals surface area contributed by atoms with Crippen molar-refractivity contribution in [1.29, 1.82) is 0 Å². The van der Waals surface area contributed by atoms with Gasteiger partial charge >= 0.3 is 0 Å². The zero-order valence-electron chi connectivity index (χ0n) is 18.0. The van der Waals surface area contributed by atoms with E-state index in [1.165, 1.54) is 10.9 Å². The van der Waals surface area contributed by atoms with Crippen LogP contribution in [0.2, 0.25) is 10.2 Å². The Morgan fingerprint density at radius 1 is 1.21 bits per heavy atom. The molecule has 2 aliphatic rings. The van der Waals surface area contributed by atoms with Crippen LogP contribution in [0.3, 0.4) is 0 Å². The molecule has 34 heavy (non-hydrogen) atoms. The van der Waals surface area contributed by atoms with Crippen molar-refractivity contribution in [3.63, 3.8) is 0 Å². The molecule has 2 fully saturated rings. The molecule has 12 heteroatoms. The average Bonchev–Trinajstić information content (AvgIpc) is 3.22. The first-order chi connectivity index (χ1) is 16.5. The fourth-order valence-corrected chi connectivity index (χ4v) is 4.58. The smallest absolute Gasteiger partial charge is 0.253 e.